The first kappa shape index (κ1) is 34.4. The molecule has 0 saturated heterocycles. The normalized spacial score (nSPS) is 13.0. The smallest absolute Gasteiger partial charge is 0.143 e. The Morgan fingerprint density at radius 1 is 0.417 bits per heavy atom. The fourth-order valence-electron chi connectivity index (χ4n) is 9.93. The summed E-state index contributed by atoms with van der Waals surface area (Å²) in [6.45, 7) is 4.70. The van der Waals surface area contributed by atoms with Crippen molar-refractivity contribution in [2.24, 2.45) is 0 Å². The van der Waals surface area contributed by atoms with Crippen molar-refractivity contribution in [2.45, 2.75) is 19.3 Å². The van der Waals surface area contributed by atoms with Gasteiger partial charge in [0.05, 0.1) is 16.7 Å². The van der Waals surface area contributed by atoms with E-state index in [1.54, 1.807) is 0 Å². The molecule has 0 unspecified atom stereocenters. The second-order valence-corrected chi connectivity index (χ2v) is 16.5. The average molecular weight is 769 g/mol. The third kappa shape index (κ3) is 5.15. The summed E-state index contributed by atoms with van der Waals surface area (Å²) in [6.07, 6.45) is 0. The van der Waals surface area contributed by atoms with Crippen LogP contribution in [0.25, 0.3) is 82.8 Å². The molecule has 3 nitrogen and oxygen atoms in total. The summed E-state index contributed by atoms with van der Waals surface area (Å²) < 4.78 is 9.13. The molecular weight excluding hydrogens is 729 g/mol. The zero-order valence-corrected chi connectivity index (χ0v) is 33.4. The summed E-state index contributed by atoms with van der Waals surface area (Å²) in [7, 11) is 0. The molecule has 0 fully saturated rings. The van der Waals surface area contributed by atoms with Crippen LogP contribution in [-0.4, -0.2) is 4.57 Å². The number of benzene rings is 9. The zero-order valence-electron chi connectivity index (χ0n) is 33.4. The Labute approximate surface area is 349 Å². The highest BCUT2D eigenvalue weighted by Crippen LogP contribution is 2.51. The van der Waals surface area contributed by atoms with Crippen LogP contribution in [0.3, 0.4) is 0 Å². The Bertz CT molecular complexity index is 3410. The lowest BCUT2D eigenvalue weighted by Gasteiger charge is -2.29. The van der Waals surface area contributed by atoms with Gasteiger partial charge in [-0.3, -0.25) is 0 Å². The highest BCUT2D eigenvalue weighted by molar-refractivity contribution is 6.12. The summed E-state index contributed by atoms with van der Waals surface area (Å²) in [6, 6.07) is 74.8. The Morgan fingerprint density at radius 3 is 1.78 bits per heavy atom. The maximum Gasteiger partial charge on any atom is 0.143 e. The number of nitrogens with zero attached hydrogens (tertiary/aromatic N) is 2. The van der Waals surface area contributed by atoms with Crippen LogP contribution in [-0.2, 0) is 5.41 Å². The van der Waals surface area contributed by atoms with Crippen LogP contribution in [0, 0.1) is 0 Å². The lowest BCUT2D eigenvalue weighted by Crippen LogP contribution is -2.15. The maximum atomic E-state index is 6.76. The molecule has 0 N–H and O–H groups in total. The summed E-state index contributed by atoms with van der Waals surface area (Å²) in [5.74, 6) is 0. The standard InChI is InChI=1S/C57H40N2O/c1-57(2)50-23-11-6-19-43(50)44-33-30-38(34-51(44)57)42-18-7-12-24-52(42)58(39-16-4-3-5-17-39)41-35-48(56-49(36-41)47-22-10-15-27-55(47)60-56)37-28-31-40(32-29-37)59-53-25-13-8-20-45(53)46-21-9-14-26-54(46)59/h3-36H,1-2H3. The van der Waals surface area contributed by atoms with Crippen molar-refractivity contribution in [3.8, 4) is 39.1 Å². The molecule has 9 aromatic carbocycles. The highest BCUT2D eigenvalue weighted by atomic mass is 16.3. The van der Waals surface area contributed by atoms with E-state index in [0.717, 1.165) is 55.8 Å². The minimum atomic E-state index is -0.102. The fourth-order valence-corrected chi connectivity index (χ4v) is 9.93. The second-order valence-electron chi connectivity index (χ2n) is 16.5. The lowest BCUT2D eigenvalue weighted by molar-refractivity contribution is 0.660. The van der Waals surface area contributed by atoms with Gasteiger partial charge in [0.2, 0.25) is 0 Å². The average Bonchev–Trinajstić information content (AvgIpc) is 3.92. The van der Waals surface area contributed by atoms with Gasteiger partial charge in [0.25, 0.3) is 0 Å². The second kappa shape index (κ2) is 13.2. The van der Waals surface area contributed by atoms with Gasteiger partial charge in [-0.1, -0.05) is 153 Å². The van der Waals surface area contributed by atoms with Crippen molar-refractivity contribution < 1.29 is 4.42 Å². The summed E-state index contributed by atoms with van der Waals surface area (Å²) in [5.41, 5.74) is 18.3. The van der Waals surface area contributed by atoms with E-state index < -0.39 is 0 Å². The van der Waals surface area contributed by atoms with E-state index in [4.69, 9.17) is 4.42 Å². The Kier molecular flexibility index (Phi) is 7.58. The SMILES string of the molecule is CC1(C)c2ccccc2-c2ccc(-c3ccccc3N(c3ccccc3)c3cc(-c4ccc(-n5c6ccccc6c6ccccc65)cc4)c4oc5ccccc5c4c3)cc21. The van der Waals surface area contributed by atoms with E-state index in [1.807, 2.05) is 0 Å². The van der Waals surface area contributed by atoms with Crippen molar-refractivity contribution in [1.82, 2.24) is 4.57 Å². The maximum absolute atomic E-state index is 6.76. The quantitative estimate of drug-likeness (QED) is 0.168. The minimum Gasteiger partial charge on any atom is -0.455 e. The molecule has 0 bridgehead atoms. The van der Waals surface area contributed by atoms with Crippen LogP contribution in [0.15, 0.2) is 211 Å². The molecule has 2 aromatic heterocycles. The molecule has 1 aliphatic carbocycles. The predicted octanol–water partition coefficient (Wildman–Crippen LogP) is 15.8. The number of furan rings is 1. The Hall–Kier alpha value is -7.62. The zero-order chi connectivity index (χ0) is 40.0. The molecule has 1 aliphatic rings. The molecule has 0 atom stereocenters. The van der Waals surface area contributed by atoms with Crippen LogP contribution >= 0.6 is 0 Å². The number of rotatable bonds is 6. The summed E-state index contributed by atoms with van der Waals surface area (Å²) in [5, 5.41) is 4.69. The number of fused-ring (bicyclic) bond motifs is 9. The molecule has 0 saturated carbocycles. The first-order valence-electron chi connectivity index (χ1n) is 20.8. The predicted molar refractivity (Wildman–Crippen MR) is 251 cm³/mol. The van der Waals surface area contributed by atoms with E-state index in [2.05, 4.69) is 230 Å². The molecule has 0 spiro atoms. The molecule has 60 heavy (non-hydrogen) atoms. The molecule has 284 valence electrons. The van der Waals surface area contributed by atoms with Gasteiger partial charge in [0.1, 0.15) is 11.2 Å². The van der Waals surface area contributed by atoms with E-state index in [-0.39, 0.29) is 5.41 Å². The monoisotopic (exact) mass is 768 g/mol. The van der Waals surface area contributed by atoms with Crippen molar-refractivity contribution >= 4 is 60.8 Å². The van der Waals surface area contributed by atoms with E-state index >= 15 is 0 Å². The molecule has 11 aromatic rings. The summed E-state index contributed by atoms with van der Waals surface area (Å²) in [4.78, 5) is 2.42. The van der Waals surface area contributed by atoms with Gasteiger partial charge in [-0.05, 0) is 100 Å². The van der Waals surface area contributed by atoms with Crippen LogP contribution < -0.4 is 4.90 Å². The van der Waals surface area contributed by atoms with E-state index in [0.29, 0.717) is 0 Å². The summed E-state index contributed by atoms with van der Waals surface area (Å²) >= 11 is 0. The molecule has 2 heterocycles. The van der Waals surface area contributed by atoms with Gasteiger partial charge in [0, 0.05) is 55.1 Å². The largest absolute Gasteiger partial charge is 0.455 e. The van der Waals surface area contributed by atoms with E-state index in [1.165, 1.54) is 55.2 Å². The number of hydrogen-bond donors (Lipinski definition) is 0. The van der Waals surface area contributed by atoms with Gasteiger partial charge in [-0.2, -0.15) is 0 Å². The van der Waals surface area contributed by atoms with Crippen LogP contribution in [0.2, 0.25) is 0 Å². The minimum absolute atomic E-state index is 0.102. The van der Waals surface area contributed by atoms with Crippen LogP contribution in [0.5, 0.6) is 0 Å². The third-order valence-corrected chi connectivity index (χ3v) is 12.8. The van der Waals surface area contributed by atoms with Crippen molar-refractivity contribution in [3.63, 3.8) is 0 Å². The molecule has 0 radical (unpaired) electrons. The molecule has 0 aliphatic heterocycles. The Morgan fingerprint density at radius 2 is 1.02 bits per heavy atom. The fraction of sp³-hybridized carbons (Fsp3) is 0.0526. The Balaban J connectivity index is 1.05. The number of anilines is 3. The lowest BCUT2D eigenvalue weighted by atomic mass is 9.81. The molecule has 3 heteroatoms. The number of para-hydroxylation sites is 5. The van der Waals surface area contributed by atoms with Gasteiger partial charge in [-0.15, -0.1) is 0 Å². The molecular formula is C57H40N2O. The van der Waals surface area contributed by atoms with E-state index in [9.17, 15) is 0 Å². The first-order valence-corrected chi connectivity index (χ1v) is 20.8. The molecule has 12 rings (SSSR count). The number of aromatic nitrogens is 1. The van der Waals surface area contributed by atoms with Crippen molar-refractivity contribution in [3.05, 3.63) is 217 Å². The molecule has 0 amide bonds. The van der Waals surface area contributed by atoms with Gasteiger partial charge < -0.3 is 13.9 Å². The van der Waals surface area contributed by atoms with Gasteiger partial charge >= 0.3 is 0 Å². The van der Waals surface area contributed by atoms with Gasteiger partial charge in [-0.25, -0.2) is 0 Å². The van der Waals surface area contributed by atoms with Gasteiger partial charge in [0.15, 0.2) is 0 Å². The van der Waals surface area contributed by atoms with Crippen molar-refractivity contribution in [1.29, 1.82) is 0 Å². The van der Waals surface area contributed by atoms with Crippen molar-refractivity contribution in [2.75, 3.05) is 4.90 Å². The third-order valence-electron chi connectivity index (χ3n) is 12.8. The highest BCUT2D eigenvalue weighted by Gasteiger charge is 2.35. The van der Waals surface area contributed by atoms with Crippen LogP contribution in [0.4, 0.5) is 17.1 Å². The number of hydrogen-bond acceptors (Lipinski definition) is 2. The first-order chi connectivity index (χ1) is 29.5. The van der Waals surface area contributed by atoms with Crippen LogP contribution in [0.1, 0.15) is 25.0 Å². The topological polar surface area (TPSA) is 21.3 Å².